The Bertz CT molecular complexity index is 682. The number of hydrogen-bond acceptors (Lipinski definition) is 3. The summed E-state index contributed by atoms with van der Waals surface area (Å²) in [7, 11) is 1.75. The van der Waals surface area contributed by atoms with E-state index in [1.165, 1.54) is 17.5 Å². The molecule has 0 bridgehead atoms. The van der Waals surface area contributed by atoms with E-state index in [-0.39, 0.29) is 6.10 Å². The highest BCUT2D eigenvalue weighted by atomic mass is 16.5. The molecule has 1 aromatic carbocycles. The molecule has 1 aromatic heterocycles. The summed E-state index contributed by atoms with van der Waals surface area (Å²) in [4.78, 5) is 8.38. The second-order valence-corrected chi connectivity index (χ2v) is 5.51. The Morgan fingerprint density at radius 1 is 1.32 bits per heavy atom. The molecule has 0 fully saturated rings. The van der Waals surface area contributed by atoms with E-state index < -0.39 is 0 Å². The summed E-state index contributed by atoms with van der Waals surface area (Å²) in [5.74, 6) is 2.42. The van der Waals surface area contributed by atoms with Crippen molar-refractivity contribution in [2.45, 2.75) is 32.3 Å². The first-order valence-corrected chi connectivity index (χ1v) is 7.67. The van der Waals surface area contributed by atoms with E-state index in [0.717, 1.165) is 30.2 Å². The highest BCUT2D eigenvalue weighted by molar-refractivity contribution is 5.92. The summed E-state index contributed by atoms with van der Waals surface area (Å²) in [6, 6.07) is 12.4. The molecule has 1 aliphatic carbocycles. The number of amidine groups is 1. The molecular formula is C18H21N3O. The van der Waals surface area contributed by atoms with Crippen molar-refractivity contribution in [2.75, 3.05) is 12.4 Å². The molecule has 1 atom stereocenters. The summed E-state index contributed by atoms with van der Waals surface area (Å²) in [5, 5.41) is 3.15. The highest BCUT2D eigenvalue weighted by Gasteiger charge is 2.21. The number of anilines is 1. The molecule has 2 aromatic rings. The van der Waals surface area contributed by atoms with Crippen molar-refractivity contribution in [3.63, 3.8) is 0 Å². The number of fused-ring (bicyclic) bond motifs is 1. The zero-order valence-corrected chi connectivity index (χ0v) is 13.0. The first kappa shape index (κ1) is 14.6. The standard InChI is InChI=1S/C18H21N3O/c1-13(19-2)21-18-12-15(10-11-20-18)22-17-9-5-7-14-6-3-4-8-16(14)17/h3-4,6,8,10-12,17H,5,7,9H2,1-2H3,(H,19,20,21). The Labute approximate surface area is 131 Å². The summed E-state index contributed by atoms with van der Waals surface area (Å²) in [6.45, 7) is 1.91. The van der Waals surface area contributed by atoms with Crippen LogP contribution < -0.4 is 10.1 Å². The number of aromatic nitrogens is 1. The molecular weight excluding hydrogens is 274 g/mol. The SMILES string of the molecule is CN=C(C)Nc1cc(OC2CCCc3ccccc32)ccn1. The van der Waals surface area contributed by atoms with Crippen LogP contribution in [0.1, 0.15) is 37.0 Å². The number of aliphatic imine (C=N–C) groups is 1. The van der Waals surface area contributed by atoms with Gasteiger partial charge < -0.3 is 10.1 Å². The fourth-order valence-corrected chi connectivity index (χ4v) is 2.79. The molecule has 114 valence electrons. The van der Waals surface area contributed by atoms with Gasteiger partial charge in [0.05, 0.1) is 5.84 Å². The normalized spacial score (nSPS) is 17.7. The Morgan fingerprint density at radius 3 is 3.05 bits per heavy atom. The van der Waals surface area contributed by atoms with Gasteiger partial charge in [-0.1, -0.05) is 24.3 Å². The lowest BCUT2D eigenvalue weighted by Gasteiger charge is -2.26. The fourth-order valence-electron chi connectivity index (χ4n) is 2.79. The third kappa shape index (κ3) is 3.27. The van der Waals surface area contributed by atoms with Crippen molar-refractivity contribution in [2.24, 2.45) is 4.99 Å². The zero-order valence-electron chi connectivity index (χ0n) is 13.0. The lowest BCUT2D eigenvalue weighted by atomic mass is 9.89. The molecule has 4 nitrogen and oxygen atoms in total. The third-order valence-corrected chi connectivity index (χ3v) is 3.97. The average molecular weight is 295 g/mol. The zero-order chi connectivity index (χ0) is 15.4. The lowest BCUT2D eigenvalue weighted by Crippen LogP contribution is -2.15. The van der Waals surface area contributed by atoms with Crippen molar-refractivity contribution in [1.82, 2.24) is 4.98 Å². The Kier molecular flexibility index (Phi) is 4.37. The van der Waals surface area contributed by atoms with E-state index in [1.807, 2.05) is 19.1 Å². The monoisotopic (exact) mass is 295 g/mol. The van der Waals surface area contributed by atoms with Crippen LogP contribution in [0.4, 0.5) is 5.82 Å². The van der Waals surface area contributed by atoms with Crippen LogP contribution in [0.3, 0.4) is 0 Å². The average Bonchev–Trinajstić information content (AvgIpc) is 2.55. The van der Waals surface area contributed by atoms with Crippen molar-refractivity contribution >= 4 is 11.7 Å². The number of benzene rings is 1. The van der Waals surface area contributed by atoms with Gasteiger partial charge in [0.25, 0.3) is 0 Å². The van der Waals surface area contributed by atoms with Crippen LogP contribution in [0.5, 0.6) is 5.75 Å². The molecule has 1 unspecified atom stereocenters. The quantitative estimate of drug-likeness (QED) is 0.687. The Morgan fingerprint density at radius 2 is 2.18 bits per heavy atom. The first-order chi connectivity index (χ1) is 10.8. The molecule has 0 saturated carbocycles. The minimum Gasteiger partial charge on any atom is -0.486 e. The van der Waals surface area contributed by atoms with Crippen LogP contribution in [0, 0.1) is 0 Å². The molecule has 1 N–H and O–H groups in total. The number of nitrogens with one attached hydrogen (secondary N) is 1. The maximum absolute atomic E-state index is 6.22. The van der Waals surface area contributed by atoms with E-state index >= 15 is 0 Å². The van der Waals surface area contributed by atoms with Gasteiger partial charge in [0.15, 0.2) is 0 Å². The predicted octanol–water partition coefficient (Wildman–Crippen LogP) is 4.00. The van der Waals surface area contributed by atoms with Crippen molar-refractivity contribution in [3.8, 4) is 5.75 Å². The van der Waals surface area contributed by atoms with Crippen LogP contribution in [-0.2, 0) is 6.42 Å². The number of rotatable bonds is 3. The van der Waals surface area contributed by atoms with Gasteiger partial charge in [-0.05, 0) is 43.4 Å². The van der Waals surface area contributed by atoms with E-state index in [9.17, 15) is 0 Å². The molecule has 4 heteroatoms. The van der Waals surface area contributed by atoms with Gasteiger partial charge in [0.1, 0.15) is 17.7 Å². The van der Waals surface area contributed by atoms with Crippen LogP contribution in [0.2, 0.25) is 0 Å². The van der Waals surface area contributed by atoms with Crippen LogP contribution >= 0.6 is 0 Å². The van der Waals surface area contributed by atoms with Crippen LogP contribution in [0.25, 0.3) is 0 Å². The molecule has 1 heterocycles. The molecule has 22 heavy (non-hydrogen) atoms. The molecule has 1 aliphatic rings. The van der Waals surface area contributed by atoms with Crippen LogP contribution in [0.15, 0.2) is 47.6 Å². The second kappa shape index (κ2) is 6.60. The molecule has 3 rings (SSSR count). The molecule has 0 spiro atoms. The van der Waals surface area contributed by atoms with E-state index in [4.69, 9.17) is 4.74 Å². The van der Waals surface area contributed by atoms with Crippen molar-refractivity contribution in [1.29, 1.82) is 0 Å². The van der Waals surface area contributed by atoms with Gasteiger partial charge in [-0.15, -0.1) is 0 Å². The summed E-state index contributed by atoms with van der Waals surface area (Å²) >= 11 is 0. The highest BCUT2D eigenvalue weighted by Crippen LogP contribution is 2.33. The topological polar surface area (TPSA) is 46.5 Å². The maximum Gasteiger partial charge on any atom is 0.134 e. The minimum absolute atomic E-state index is 0.126. The van der Waals surface area contributed by atoms with Crippen molar-refractivity contribution in [3.05, 3.63) is 53.7 Å². The Balaban J connectivity index is 1.78. The van der Waals surface area contributed by atoms with Crippen molar-refractivity contribution < 1.29 is 4.74 Å². The third-order valence-electron chi connectivity index (χ3n) is 3.97. The number of pyridine rings is 1. The van der Waals surface area contributed by atoms with Gasteiger partial charge in [-0.2, -0.15) is 0 Å². The predicted molar refractivity (Wildman–Crippen MR) is 89.6 cm³/mol. The second-order valence-electron chi connectivity index (χ2n) is 5.51. The summed E-state index contributed by atoms with van der Waals surface area (Å²) in [6.07, 6.45) is 5.25. The van der Waals surface area contributed by atoms with E-state index in [0.29, 0.717) is 0 Å². The van der Waals surface area contributed by atoms with Gasteiger partial charge in [-0.25, -0.2) is 4.98 Å². The number of nitrogens with zero attached hydrogens (tertiary/aromatic N) is 2. The summed E-state index contributed by atoms with van der Waals surface area (Å²) < 4.78 is 6.22. The molecule has 0 aliphatic heterocycles. The molecule has 0 saturated heterocycles. The van der Waals surface area contributed by atoms with Gasteiger partial charge >= 0.3 is 0 Å². The smallest absolute Gasteiger partial charge is 0.134 e. The largest absolute Gasteiger partial charge is 0.486 e. The summed E-state index contributed by atoms with van der Waals surface area (Å²) in [5.41, 5.74) is 2.71. The lowest BCUT2D eigenvalue weighted by molar-refractivity contribution is 0.183. The maximum atomic E-state index is 6.22. The van der Waals surface area contributed by atoms with Gasteiger partial charge in [0, 0.05) is 19.3 Å². The molecule has 0 radical (unpaired) electrons. The first-order valence-electron chi connectivity index (χ1n) is 7.67. The van der Waals surface area contributed by atoms with Crippen LogP contribution in [-0.4, -0.2) is 17.9 Å². The van der Waals surface area contributed by atoms with E-state index in [1.54, 1.807) is 13.2 Å². The number of aryl methyl sites for hydroxylation is 1. The number of hydrogen-bond donors (Lipinski definition) is 1. The van der Waals surface area contributed by atoms with E-state index in [2.05, 4.69) is 39.6 Å². The Hall–Kier alpha value is -2.36. The fraction of sp³-hybridized carbons (Fsp3) is 0.333. The van der Waals surface area contributed by atoms with Gasteiger partial charge in [-0.3, -0.25) is 4.99 Å². The number of ether oxygens (including phenoxy) is 1. The van der Waals surface area contributed by atoms with Gasteiger partial charge in [0.2, 0.25) is 0 Å². The molecule has 0 amide bonds. The minimum atomic E-state index is 0.126.